The second-order valence-electron chi connectivity index (χ2n) is 5.99. The number of rotatable bonds is 6. The number of hydrogen-bond acceptors (Lipinski definition) is 3. The Morgan fingerprint density at radius 1 is 1.12 bits per heavy atom. The molecular formula is C18H22ClNO3S. The average Bonchev–Trinajstić information content (AvgIpc) is 2.55. The van der Waals surface area contributed by atoms with Gasteiger partial charge < -0.3 is 5.11 Å². The smallest absolute Gasteiger partial charge is 0.238 e. The fourth-order valence-corrected chi connectivity index (χ4v) is 3.85. The van der Waals surface area contributed by atoms with E-state index in [4.69, 9.17) is 16.7 Å². The van der Waals surface area contributed by atoms with E-state index < -0.39 is 22.0 Å². The first-order chi connectivity index (χ1) is 11.3. The molecule has 0 aliphatic heterocycles. The fourth-order valence-electron chi connectivity index (χ4n) is 2.92. The number of aliphatic hydroxyl groups is 1. The van der Waals surface area contributed by atoms with Crippen LogP contribution in [0, 0.1) is 5.92 Å². The highest BCUT2D eigenvalue weighted by Gasteiger charge is 2.31. The molecule has 2 aromatic rings. The van der Waals surface area contributed by atoms with E-state index in [-0.39, 0.29) is 10.8 Å². The first kappa shape index (κ1) is 18.9. The van der Waals surface area contributed by atoms with Crippen molar-refractivity contribution >= 4 is 21.6 Å². The van der Waals surface area contributed by atoms with Crippen LogP contribution in [0.2, 0.25) is 5.02 Å². The Hall–Kier alpha value is -1.40. The van der Waals surface area contributed by atoms with Gasteiger partial charge in [-0.15, -0.1) is 0 Å². The molecule has 2 aromatic carbocycles. The maximum absolute atomic E-state index is 12.0. The van der Waals surface area contributed by atoms with Gasteiger partial charge >= 0.3 is 0 Å². The van der Waals surface area contributed by atoms with Crippen molar-refractivity contribution in [1.29, 1.82) is 0 Å². The highest BCUT2D eigenvalue weighted by Crippen LogP contribution is 2.40. The molecule has 1 unspecified atom stereocenters. The molecule has 24 heavy (non-hydrogen) atoms. The molecule has 6 heteroatoms. The van der Waals surface area contributed by atoms with Crippen molar-refractivity contribution in [3.05, 3.63) is 64.7 Å². The van der Waals surface area contributed by atoms with Crippen LogP contribution in [0.4, 0.5) is 0 Å². The van der Waals surface area contributed by atoms with Crippen LogP contribution in [-0.2, 0) is 10.0 Å². The van der Waals surface area contributed by atoms with Gasteiger partial charge in [0.2, 0.25) is 10.0 Å². The number of benzene rings is 2. The highest BCUT2D eigenvalue weighted by atomic mass is 35.5. The van der Waals surface area contributed by atoms with E-state index >= 15 is 0 Å². The zero-order valence-electron chi connectivity index (χ0n) is 13.7. The van der Waals surface area contributed by atoms with Crippen LogP contribution in [-0.4, -0.2) is 13.5 Å². The van der Waals surface area contributed by atoms with E-state index in [2.05, 4.69) is 0 Å². The Kier molecular flexibility index (Phi) is 6.04. The van der Waals surface area contributed by atoms with Crippen molar-refractivity contribution in [2.24, 2.45) is 11.1 Å². The summed E-state index contributed by atoms with van der Waals surface area (Å²) in [4.78, 5) is 0.0586. The largest absolute Gasteiger partial charge is 0.388 e. The zero-order chi connectivity index (χ0) is 17.9. The molecule has 0 amide bonds. The molecule has 0 heterocycles. The minimum Gasteiger partial charge on any atom is -0.388 e. The van der Waals surface area contributed by atoms with Crippen LogP contribution >= 0.6 is 11.6 Å². The van der Waals surface area contributed by atoms with Crippen LogP contribution in [0.1, 0.15) is 43.4 Å². The molecule has 2 rings (SSSR count). The maximum atomic E-state index is 12.0. The van der Waals surface area contributed by atoms with Gasteiger partial charge in [-0.3, -0.25) is 0 Å². The summed E-state index contributed by atoms with van der Waals surface area (Å²) < 4.78 is 23.9. The molecule has 0 fully saturated rings. The van der Waals surface area contributed by atoms with E-state index in [9.17, 15) is 13.5 Å². The monoisotopic (exact) mass is 367 g/mol. The topological polar surface area (TPSA) is 80.4 Å². The Balaban J connectivity index is 2.57. The van der Waals surface area contributed by atoms with Crippen molar-refractivity contribution in [2.75, 3.05) is 0 Å². The van der Waals surface area contributed by atoms with E-state index in [0.717, 1.165) is 6.42 Å². The van der Waals surface area contributed by atoms with Gasteiger partial charge in [-0.05, 0) is 35.2 Å². The van der Waals surface area contributed by atoms with Gasteiger partial charge in [-0.1, -0.05) is 62.2 Å². The van der Waals surface area contributed by atoms with Crippen LogP contribution < -0.4 is 5.14 Å². The van der Waals surface area contributed by atoms with Crippen LogP contribution in [0.3, 0.4) is 0 Å². The minimum atomic E-state index is -3.87. The summed E-state index contributed by atoms with van der Waals surface area (Å²) in [6.07, 6.45) is -0.0750. The summed E-state index contributed by atoms with van der Waals surface area (Å²) in [5.41, 5.74) is 1.23. The molecule has 0 saturated heterocycles. The molecule has 3 N–H and O–H groups in total. The van der Waals surface area contributed by atoms with Crippen LogP contribution in [0.5, 0.6) is 0 Å². The van der Waals surface area contributed by atoms with E-state index in [1.165, 1.54) is 6.07 Å². The van der Waals surface area contributed by atoms with E-state index in [1.807, 2.05) is 13.8 Å². The molecule has 0 aliphatic carbocycles. The third kappa shape index (κ3) is 4.16. The highest BCUT2D eigenvalue weighted by molar-refractivity contribution is 7.89. The molecular weight excluding hydrogens is 346 g/mol. The van der Waals surface area contributed by atoms with Gasteiger partial charge in [0.05, 0.1) is 11.0 Å². The average molecular weight is 368 g/mol. The first-order valence-corrected chi connectivity index (χ1v) is 9.73. The predicted octanol–water partition coefficient (Wildman–Crippen LogP) is 3.85. The third-order valence-electron chi connectivity index (χ3n) is 4.39. The summed E-state index contributed by atoms with van der Waals surface area (Å²) in [5.74, 6) is -0.343. The van der Waals surface area contributed by atoms with Gasteiger partial charge in [-0.2, -0.15) is 0 Å². The number of sulfonamides is 1. The predicted molar refractivity (Wildman–Crippen MR) is 96.4 cm³/mol. The Morgan fingerprint density at radius 3 is 2.25 bits per heavy atom. The Bertz CT molecular complexity index is 790. The van der Waals surface area contributed by atoms with Gasteiger partial charge in [0.1, 0.15) is 0 Å². The maximum Gasteiger partial charge on any atom is 0.238 e. The molecule has 0 radical (unpaired) electrons. The Labute approximate surface area is 148 Å². The van der Waals surface area contributed by atoms with Crippen molar-refractivity contribution in [2.45, 2.75) is 37.2 Å². The summed E-state index contributed by atoms with van der Waals surface area (Å²) in [7, 11) is -3.87. The van der Waals surface area contributed by atoms with E-state index in [1.54, 1.807) is 42.5 Å². The third-order valence-corrected chi connectivity index (χ3v) is 5.63. The summed E-state index contributed by atoms with van der Waals surface area (Å²) in [6, 6.07) is 13.5. The number of aliphatic hydroxyl groups excluding tert-OH is 1. The standard InChI is InChI=1S/C18H22ClNO3S/c1-3-12(2)17(18(21)13-8-10-14(19)11-9-13)15-6-4-5-7-16(15)24(20,22)23/h4-12,17-18,21H,3H2,1-2H3,(H2,20,22,23)/t12-,17-,18?/m0/s1. The normalized spacial score (nSPS) is 15.7. The lowest BCUT2D eigenvalue weighted by molar-refractivity contribution is 0.116. The van der Waals surface area contributed by atoms with Crippen molar-refractivity contribution in [3.8, 4) is 0 Å². The van der Waals surface area contributed by atoms with E-state index in [0.29, 0.717) is 16.1 Å². The lowest BCUT2D eigenvalue weighted by atomic mass is 9.79. The second-order valence-corrected chi connectivity index (χ2v) is 7.96. The SMILES string of the molecule is CC[C@H](C)[C@@H](c1ccccc1S(N)(=O)=O)C(O)c1ccc(Cl)cc1. The van der Waals surface area contributed by atoms with Gasteiger partial charge in [0, 0.05) is 10.9 Å². The first-order valence-electron chi connectivity index (χ1n) is 7.81. The Morgan fingerprint density at radius 2 is 1.71 bits per heavy atom. The van der Waals surface area contributed by atoms with Crippen molar-refractivity contribution in [1.82, 2.24) is 0 Å². The zero-order valence-corrected chi connectivity index (χ0v) is 15.3. The fraction of sp³-hybridized carbons (Fsp3) is 0.333. The van der Waals surface area contributed by atoms with Crippen LogP contribution in [0.25, 0.3) is 0 Å². The quantitative estimate of drug-likeness (QED) is 0.813. The lowest BCUT2D eigenvalue weighted by Gasteiger charge is -2.30. The number of nitrogens with two attached hydrogens (primary N) is 1. The molecule has 0 aliphatic rings. The van der Waals surface area contributed by atoms with Crippen molar-refractivity contribution < 1.29 is 13.5 Å². The van der Waals surface area contributed by atoms with Gasteiger partial charge in [-0.25, -0.2) is 13.6 Å². The number of halogens is 1. The second kappa shape index (κ2) is 7.66. The lowest BCUT2D eigenvalue weighted by Crippen LogP contribution is -2.23. The molecule has 4 nitrogen and oxygen atoms in total. The minimum absolute atomic E-state index is 0.0542. The van der Waals surface area contributed by atoms with Crippen LogP contribution in [0.15, 0.2) is 53.4 Å². The molecule has 0 saturated carbocycles. The molecule has 0 spiro atoms. The summed E-state index contributed by atoms with van der Waals surface area (Å²) in [5, 5.41) is 16.9. The molecule has 0 aromatic heterocycles. The number of hydrogen-bond donors (Lipinski definition) is 2. The molecule has 0 bridgehead atoms. The summed E-state index contributed by atoms with van der Waals surface area (Å²) >= 11 is 5.91. The van der Waals surface area contributed by atoms with Gasteiger partial charge in [0.15, 0.2) is 0 Å². The molecule has 3 atom stereocenters. The van der Waals surface area contributed by atoms with Gasteiger partial charge in [0.25, 0.3) is 0 Å². The molecule has 130 valence electrons. The summed E-state index contributed by atoms with van der Waals surface area (Å²) in [6.45, 7) is 4.00. The number of primary sulfonamides is 1. The van der Waals surface area contributed by atoms with Crippen molar-refractivity contribution in [3.63, 3.8) is 0 Å².